The molecule has 0 saturated heterocycles. The lowest BCUT2D eigenvalue weighted by Gasteiger charge is -2.26. The van der Waals surface area contributed by atoms with Crippen molar-refractivity contribution in [2.45, 2.75) is 20.4 Å². The fourth-order valence-corrected chi connectivity index (χ4v) is 2.56. The van der Waals surface area contributed by atoms with E-state index in [4.69, 9.17) is 11.6 Å². The van der Waals surface area contributed by atoms with Gasteiger partial charge in [0.05, 0.1) is 0 Å². The molecule has 0 spiro atoms. The molecular weight excluding hydrogens is 268 g/mol. The van der Waals surface area contributed by atoms with Crippen LogP contribution in [-0.2, 0) is 6.54 Å². The molecule has 3 heteroatoms. The molecule has 2 aromatic rings. The van der Waals surface area contributed by atoms with Crippen LogP contribution in [0.25, 0.3) is 0 Å². The molecule has 20 heavy (non-hydrogen) atoms. The van der Waals surface area contributed by atoms with Crippen molar-refractivity contribution >= 4 is 23.0 Å². The van der Waals surface area contributed by atoms with E-state index in [2.05, 4.69) is 54.4 Å². The van der Waals surface area contributed by atoms with Gasteiger partial charge in [-0.1, -0.05) is 29.3 Å². The van der Waals surface area contributed by atoms with Gasteiger partial charge >= 0.3 is 0 Å². The third-order valence-corrected chi connectivity index (χ3v) is 3.60. The number of anilines is 2. The zero-order chi connectivity index (χ0) is 14.5. The van der Waals surface area contributed by atoms with Crippen molar-refractivity contribution in [1.29, 1.82) is 0 Å². The quantitative estimate of drug-likeness (QED) is 0.870. The van der Waals surface area contributed by atoms with Crippen molar-refractivity contribution in [3.8, 4) is 0 Å². The lowest BCUT2D eigenvalue weighted by Crippen LogP contribution is -2.19. The molecule has 0 bridgehead atoms. The van der Waals surface area contributed by atoms with Gasteiger partial charge in [0.25, 0.3) is 0 Å². The highest BCUT2D eigenvalue weighted by atomic mass is 35.5. The van der Waals surface area contributed by atoms with Crippen LogP contribution >= 0.6 is 11.6 Å². The van der Waals surface area contributed by atoms with Gasteiger partial charge in [0.1, 0.15) is 0 Å². The largest absolute Gasteiger partial charge is 0.342 e. The summed E-state index contributed by atoms with van der Waals surface area (Å²) in [4.78, 5) is 2.31. The Labute approximate surface area is 126 Å². The smallest absolute Gasteiger partial charge is 0.0457 e. The highest BCUT2D eigenvalue weighted by Crippen LogP contribution is 2.30. The van der Waals surface area contributed by atoms with Crippen LogP contribution in [0.1, 0.15) is 18.1 Å². The Hall–Kier alpha value is -1.51. The zero-order valence-corrected chi connectivity index (χ0v) is 13.0. The molecule has 0 aliphatic carbocycles. The minimum absolute atomic E-state index is 0.777. The first-order chi connectivity index (χ1) is 9.65. The van der Waals surface area contributed by atoms with E-state index in [1.807, 2.05) is 19.2 Å². The van der Waals surface area contributed by atoms with Gasteiger partial charge < -0.3 is 10.2 Å². The molecule has 2 nitrogen and oxygen atoms in total. The van der Waals surface area contributed by atoms with Gasteiger partial charge in [0.2, 0.25) is 0 Å². The highest BCUT2D eigenvalue weighted by Gasteiger charge is 2.12. The topological polar surface area (TPSA) is 15.3 Å². The fraction of sp³-hybridized carbons (Fsp3) is 0.294. The average molecular weight is 289 g/mol. The van der Waals surface area contributed by atoms with Crippen LogP contribution < -0.4 is 10.2 Å². The van der Waals surface area contributed by atoms with E-state index in [0.717, 1.165) is 18.1 Å². The Bertz CT molecular complexity index is 564. The minimum Gasteiger partial charge on any atom is -0.342 e. The summed E-state index contributed by atoms with van der Waals surface area (Å²) in [6, 6.07) is 14.7. The van der Waals surface area contributed by atoms with Gasteiger partial charge in [-0.2, -0.15) is 0 Å². The SMILES string of the molecule is CCN(c1ccc(C)cc1)c1ccc(Cl)cc1CNC. The third-order valence-electron chi connectivity index (χ3n) is 3.36. The maximum atomic E-state index is 6.12. The minimum atomic E-state index is 0.777. The summed E-state index contributed by atoms with van der Waals surface area (Å²) in [7, 11) is 1.95. The van der Waals surface area contributed by atoms with Gasteiger partial charge in [-0.05, 0) is 56.8 Å². The Balaban J connectivity index is 2.43. The molecule has 2 rings (SSSR count). The molecule has 0 saturated carbocycles. The number of aryl methyl sites for hydroxylation is 1. The molecule has 1 N–H and O–H groups in total. The van der Waals surface area contributed by atoms with Crippen molar-refractivity contribution in [2.24, 2.45) is 0 Å². The van der Waals surface area contributed by atoms with Crippen molar-refractivity contribution < 1.29 is 0 Å². The number of hydrogen-bond acceptors (Lipinski definition) is 2. The van der Waals surface area contributed by atoms with Crippen LogP contribution in [-0.4, -0.2) is 13.6 Å². The van der Waals surface area contributed by atoms with E-state index in [0.29, 0.717) is 0 Å². The number of halogens is 1. The Kier molecular flexibility index (Phi) is 5.05. The predicted octanol–water partition coefficient (Wildman–Crippen LogP) is 4.53. The van der Waals surface area contributed by atoms with Crippen LogP contribution in [0.4, 0.5) is 11.4 Å². The average Bonchev–Trinajstić information content (AvgIpc) is 2.44. The first kappa shape index (κ1) is 14.9. The first-order valence-electron chi connectivity index (χ1n) is 6.93. The van der Waals surface area contributed by atoms with Crippen LogP contribution in [0.3, 0.4) is 0 Å². The molecule has 0 fully saturated rings. The fourth-order valence-electron chi connectivity index (χ4n) is 2.37. The van der Waals surface area contributed by atoms with E-state index in [9.17, 15) is 0 Å². The molecule has 0 atom stereocenters. The zero-order valence-electron chi connectivity index (χ0n) is 12.3. The molecule has 106 valence electrons. The summed E-state index contributed by atoms with van der Waals surface area (Å²) < 4.78 is 0. The molecule has 0 amide bonds. The van der Waals surface area contributed by atoms with Gasteiger partial charge in [0.15, 0.2) is 0 Å². The summed E-state index contributed by atoms with van der Waals surface area (Å²) in [5.41, 5.74) is 4.90. The summed E-state index contributed by atoms with van der Waals surface area (Å²) in [6.45, 7) is 5.99. The molecule has 0 unspecified atom stereocenters. The van der Waals surface area contributed by atoms with Gasteiger partial charge in [0, 0.05) is 29.5 Å². The third kappa shape index (κ3) is 3.33. The second kappa shape index (κ2) is 6.78. The Morgan fingerprint density at radius 3 is 2.40 bits per heavy atom. The molecular formula is C17H21ClN2. The summed E-state index contributed by atoms with van der Waals surface area (Å²) in [6.07, 6.45) is 0. The van der Waals surface area contributed by atoms with Gasteiger partial charge in [-0.25, -0.2) is 0 Å². The van der Waals surface area contributed by atoms with E-state index in [1.54, 1.807) is 0 Å². The molecule has 0 aliphatic rings. The lowest BCUT2D eigenvalue weighted by atomic mass is 10.1. The number of nitrogens with one attached hydrogen (secondary N) is 1. The predicted molar refractivity (Wildman–Crippen MR) is 88.1 cm³/mol. The number of benzene rings is 2. The summed E-state index contributed by atoms with van der Waals surface area (Å²) in [5.74, 6) is 0. The van der Waals surface area contributed by atoms with E-state index >= 15 is 0 Å². The molecule has 2 aromatic carbocycles. The van der Waals surface area contributed by atoms with E-state index in [1.165, 1.54) is 22.5 Å². The number of rotatable bonds is 5. The van der Waals surface area contributed by atoms with Crippen molar-refractivity contribution in [3.05, 3.63) is 58.6 Å². The van der Waals surface area contributed by atoms with Crippen molar-refractivity contribution in [1.82, 2.24) is 5.32 Å². The monoisotopic (exact) mass is 288 g/mol. The molecule has 0 radical (unpaired) electrons. The summed E-state index contributed by atoms with van der Waals surface area (Å²) in [5, 5.41) is 3.98. The first-order valence-corrected chi connectivity index (χ1v) is 7.30. The standard InChI is InChI=1S/C17H21ClN2/c1-4-20(16-8-5-13(2)6-9-16)17-10-7-15(18)11-14(17)12-19-3/h5-11,19H,4,12H2,1-3H3. The van der Waals surface area contributed by atoms with Crippen LogP contribution in [0.2, 0.25) is 5.02 Å². The Morgan fingerprint density at radius 1 is 1.10 bits per heavy atom. The maximum absolute atomic E-state index is 6.12. The second-order valence-electron chi connectivity index (χ2n) is 4.88. The number of nitrogens with zero attached hydrogens (tertiary/aromatic N) is 1. The normalized spacial score (nSPS) is 10.6. The molecule has 0 aromatic heterocycles. The van der Waals surface area contributed by atoms with Crippen LogP contribution in [0.5, 0.6) is 0 Å². The molecule has 0 aliphatic heterocycles. The highest BCUT2D eigenvalue weighted by molar-refractivity contribution is 6.30. The molecule has 0 heterocycles. The van der Waals surface area contributed by atoms with Gasteiger partial charge in [-0.15, -0.1) is 0 Å². The van der Waals surface area contributed by atoms with Crippen molar-refractivity contribution in [2.75, 3.05) is 18.5 Å². The van der Waals surface area contributed by atoms with Crippen LogP contribution in [0, 0.1) is 6.92 Å². The van der Waals surface area contributed by atoms with Crippen molar-refractivity contribution in [3.63, 3.8) is 0 Å². The maximum Gasteiger partial charge on any atom is 0.0457 e. The Morgan fingerprint density at radius 2 is 1.80 bits per heavy atom. The van der Waals surface area contributed by atoms with E-state index < -0.39 is 0 Å². The van der Waals surface area contributed by atoms with Crippen LogP contribution in [0.15, 0.2) is 42.5 Å². The van der Waals surface area contributed by atoms with E-state index in [-0.39, 0.29) is 0 Å². The van der Waals surface area contributed by atoms with Gasteiger partial charge in [-0.3, -0.25) is 0 Å². The number of hydrogen-bond donors (Lipinski definition) is 1. The summed E-state index contributed by atoms with van der Waals surface area (Å²) >= 11 is 6.12. The lowest BCUT2D eigenvalue weighted by molar-refractivity contribution is 0.813. The second-order valence-corrected chi connectivity index (χ2v) is 5.32.